The van der Waals surface area contributed by atoms with Crippen molar-refractivity contribution in [2.75, 3.05) is 6.61 Å². The molecule has 1 aromatic heterocycles. The van der Waals surface area contributed by atoms with Crippen LogP contribution in [-0.2, 0) is 4.74 Å². The van der Waals surface area contributed by atoms with Gasteiger partial charge in [-0.05, 0) is 35.3 Å². The van der Waals surface area contributed by atoms with E-state index in [1.807, 2.05) is 0 Å². The van der Waals surface area contributed by atoms with Crippen LogP contribution in [-0.4, -0.2) is 23.0 Å². The van der Waals surface area contributed by atoms with Gasteiger partial charge in [0.25, 0.3) is 0 Å². The van der Waals surface area contributed by atoms with Crippen molar-refractivity contribution < 1.29 is 9.13 Å². The Morgan fingerprint density at radius 3 is 3.00 bits per heavy atom. The first-order valence-electron chi connectivity index (χ1n) is 6.08. The van der Waals surface area contributed by atoms with Crippen LogP contribution in [0.5, 0.6) is 0 Å². The summed E-state index contributed by atoms with van der Waals surface area (Å²) in [4.78, 5) is 8.63. The van der Waals surface area contributed by atoms with Gasteiger partial charge in [0.1, 0.15) is 18.1 Å². The number of nitrogens with zero attached hydrogens (tertiary/aromatic N) is 2. The number of pyridine rings is 1. The minimum absolute atomic E-state index is 0.180. The smallest absolute Gasteiger partial charge is 0.237 e. The molecule has 0 saturated heterocycles. The molecule has 3 nitrogen and oxygen atoms in total. The fraction of sp³-hybridized carbons (Fsp3) is 0.538. The Balaban J connectivity index is 2.22. The van der Waals surface area contributed by atoms with Gasteiger partial charge >= 0.3 is 0 Å². The molecule has 0 unspecified atom stereocenters. The second-order valence-electron chi connectivity index (χ2n) is 4.79. The normalized spacial score (nSPS) is 22.8. The molecule has 0 fully saturated rings. The van der Waals surface area contributed by atoms with E-state index in [-0.39, 0.29) is 11.4 Å². The molecule has 1 aromatic rings. The zero-order valence-corrected chi connectivity index (χ0v) is 12.1. The topological polar surface area (TPSA) is 34.5 Å². The summed E-state index contributed by atoms with van der Waals surface area (Å²) in [6.07, 6.45) is 4.42. The summed E-state index contributed by atoms with van der Waals surface area (Å²) in [6.45, 7) is 4.79. The molecule has 0 amide bonds. The Labute approximate surface area is 115 Å². The molecule has 0 aromatic carbocycles. The Hall–Kier alpha value is -0.970. The molecule has 98 valence electrons. The van der Waals surface area contributed by atoms with Gasteiger partial charge in [0.05, 0.1) is 16.2 Å². The van der Waals surface area contributed by atoms with E-state index in [4.69, 9.17) is 4.74 Å². The number of aromatic nitrogens is 1. The molecule has 0 saturated carbocycles. The van der Waals surface area contributed by atoms with Gasteiger partial charge in [-0.25, -0.2) is 14.4 Å². The molecule has 0 aliphatic carbocycles. The van der Waals surface area contributed by atoms with E-state index in [0.29, 0.717) is 22.7 Å². The zero-order chi connectivity index (χ0) is 13.2. The SMILES string of the molecule is CCCC[C@]1(C)COC(c2ncc(F)cc2Br)=N1. The molecule has 1 aliphatic heterocycles. The molecule has 2 heterocycles. The Morgan fingerprint density at radius 1 is 1.56 bits per heavy atom. The van der Waals surface area contributed by atoms with Crippen LogP contribution in [0.1, 0.15) is 38.8 Å². The fourth-order valence-electron chi connectivity index (χ4n) is 1.91. The Kier molecular flexibility index (Phi) is 4.00. The molecule has 0 spiro atoms. The van der Waals surface area contributed by atoms with Gasteiger partial charge in [0.2, 0.25) is 5.90 Å². The molecule has 2 rings (SSSR count). The van der Waals surface area contributed by atoms with Crippen LogP contribution >= 0.6 is 15.9 Å². The number of unbranched alkanes of at least 4 members (excludes halogenated alkanes) is 1. The number of aliphatic imine (C=N–C) groups is 1. The number of hydrogen-bond donors (Lipinski definition) is 0. The van der Waals surface area contributed by atoms with E-state index in [9.17, 15) is 4.39 Å². The van der Waals surface area contributed by atoms with Crippen molar-refractivity contribution in [2.24, 2.45) is 4.99 Å². The maximum Gasteiger partial charge on any atom is 0.237 e. The monoisotopic (exact) mass is 314 g/mol. The highest BCUT2D eigenvalue weighted by Gasteiger charge is 2.32. The summed E-state index contributed by atoms with van der Waals surface area (Å²) in [5, 5.41) is 0. The molecule has 0 radical (unpaired) electrons. The third-order valence-corrected chi connectivity index (χ3v) is 3.58. The van der Waals surface area contributed by atoms with Gasteiger partial charge in [0, 0.05) is 0 Å². The third-order valence-electron chi connectivity index (χ3n) is 2.97. The number of halogens is 2. The molecule has 0 N–H and O–H groups in total. The van der Waals surface area contributed by atoms with Crippen LogP contribution in [0, 0.1) is 5.82 Å². The lowest BCUT2D eigenvalue weighted by Gasteiger charge is -2.16. The molecule has 1 aliphatic rings. The maximum absolute atomic E-state index is 13.0. The Morgan fingerprint density at radius 2 is 2.33 bits per heavy atom. The van der Waals surface area contributed by atoms with Crippen molar-refractivity contribution in [3.8, 4) is 0 Å². The van der Waals surface area contributed by atoms with Gasteiger partial charge in [-0.1, -0.05) is 19.8 Å². The largest absolute Gasteiger partial charge is 0.474 e. The van der Waals surface area contributed by atoms with Crippen molar-refractivity contribution >= 4 is 21.8 Å². The zero-order valence-electron chi connectivity index (χ0n) is 10.5. The van der Waals surface area contributed by atoms with Crippen molar-refractivity contribution in [1.82, 2.24) is 4.98 Å². The lowest BCUT2D eigenvalue weighted by atomic mass is 9.97. The minimum atomic E-state index is -0.377. The van der Waals surface area contributed by atoms with Crippen LogP contribution in [0.25, 0.3) is 0 Å². The highest BCUT2D eigenvalue weighted by atomic mass is 79.9. The molecule has 0 bridgehead atoms. The van der Waals surface area contributed by atoms with E-state index in [2.05, 4.69) is 39.8 Å². The highest BCUT2D eigenvalue weighted by Crippen LogP contribution is 2.28. The quantitative estimate of drug-likeness (QED) is 0.849. The lowest BCUT2D eigenvalue weighted by Crippen LogP contribution is -2.23. The molecule has 1 atom stereocenters. The fourth-order valence-corrected chi connectivity index (χ4v) is 2.40. The third kappa shape index (κ3) is 2.88. The van der Waals surface area contributed by atoms with E-state index in [1.165, 1.54) is 12.3 Å². The first-order chi connectivity index (χ1) is 8.54. The first kappa shape index (κ1) is 13.5. The first-order valence-corrected chi connectivity index (χ1v) is 6.87. The second-order valence-corrected chi connectivity index (χ2v) is 5.64. The van der Waals surface area contributed by atoms with E-state index in [0.717, 1.165) is 19.3 Å². The number of ether oxygens (including phenoxy) is 1. The summed E-state index contributed by atoms with van der Waals surface area (Å²) in [5.41, 5.74) is 0.387. The van der Waals surface area contributed by atoms with Gasteiger partial charge < -0.3 is 4.74 Å². The molecular formula is C13H16BrFN2O. The van der Waals surface area contributed by atoms with Crippen molar-refractivity contribution in [1.29, 1.82) is 0 Å². The average molecular weight is 315 g/mol. The van der Waals surface area contributed by atoms with Gasteiger partial charge in [-0.3, -0.25) is 0 Å². The summed E-state index contributed by atoms with van der Waals surface area (Å²) < 4.78 is 19.2. The summed E-state index contributed by atoms with van der Waals surface area (Å²) in [7, 11) is 0. The van der Waals surface area contributed by atoms with Gasteiger partial charge in [0.15, 0.2) is 0 Å². The van der Waals surface area contributed by atoms with Crippen molar-refractivity contribution in [3.63, 3.8) is 0 Å². The number of rotatable bonds is 4. The number of hydrogen-bond acceptors (Lipinski definition) is 3. The standard InChI is InChI=1S/C13H16BrFN2O/c1-3-4-5-13(2)8-18-12(17-13)11-10(14)6-9(15)7-16-11/h6-7H,3-5,8H2,1-2H3/t13-/m1/s1. The van der Waals surface area contributed by atoms with Crippen molar-refractivity contribution in [2.45, 2.75) is 38.6 Å². The summed E-state index contributed by atoms with van der Waals surface area (Å²) in [6, 6.07) is 1.37. The maximum atomic E-state index is 13.0. The van der Waals surface area contributed by atoms with E-state index >= 15 is 0 Å². The van der Waals surface area contributed by atoms with Crippen LogP contribution in [0.4, 0.5) is 4.39 Å². The lowest BCUT2D eigenvalue weighted by molar-refractivity contribution is 0.254. The average Bonchev–Trinajstić information content (AvgIpc) is 2.70. The predicted octanol–water partition coefficient (Wildman–Crippen LogP) is 3.71. The predicted molar refractivity (Wildman–Crippen MR) is 72.3 cm³/mol. The summed E-state index contributed by atoms with van der Waals surface area (Å²) in [5.74, 6) is 0.124. The summed E-state index contributed by atoms with van der Waals surface area (Å²) >= 11 is 3.28. The molecule has 18 heavy (non-hydrogen) atoms. The molecular weight excluding hydrogens is 299 g/mol. The van der Waals surface area contributed by atoms with Crippen LogP contribution in [0.3, 0.4) is 0 Å². The molecule has 5 heteroatoms. The minimum Gasteiger partial charge on any atom is -0.474 e. The van der Waals surface area contributed by atoms with Gasteiger partial charge in [-0.15, -0.1) is 0 Å². The van der Waals surface area contributed by atoms with Crippen LogP contribution in [0.15, 0.2) is 21.7 Å². The van der Waals surface area contributed by atoms with Crippen LogP contribution < -0.4 is 0 Å². The second kappa shape index (κ2) is 5.34. The van der Waals surface area contributed by atoms with Crippen LogP contribution in [0.2, 0.25) is 0 Å². The van der Waals surface area contributed by atoms with Gasteiger partial charge in [-0.2, -0.15) is 0 Å². The van der Waals surface area contributed by atoms with E-state index in [1.54, 1.807) is 0 Å². The highest BCUT2D eigenvalue weighted by molar-refractivity contribution is 9.10. The Bertz CT molecular complexity index is 478. The van der Waals surface area contributed by atoms with Crippen molar-refractivity contribution in [3.05, 3.63) is 28.2 Å². The van der Waals surface area contributed by atoms with E-state index < -0.39 is 0 Å².